The van der Waals surface area contributed by atoms with E-state index < -0.39 is 0 Å². The van der Waals surface area contributed by atoms with E-state index in [-0.39, 0.29) is 0 Å². The summed E-state index contributed by atoms with van der Waals surface area (Å²) in [7, 11) is 0. The molecule has 3 rings (SSSR count). The summed E-state index contributed by atoms with van der Waals surface area (Å²) >= 11 is 0. The Morgan fingerprint density at radius 1 is 0.947 bits per heavy atom. The highest BCUT2D eigenvalue weighted by atomic mass is 15.1. The average Bonchev–Trinajstić information content (AvgIpc) is 3.01. The van der Waals surface area contributed by atoms with Crippen molar-refractivity contribution in [2.45, 2.75) is 12.8 Å². The molecule has 0 N–H and O–H groups in total. The molecule has 1 aromatic heterocycles. The number of pyridine rings is 1. The number of hydrogen-bond acceptors (Lipinski definition) is 2. The van der Waals surface area contributed by atoms with Gasteiger partial charge in [0.1, 0.15) is 0 Å². The second-order valence-electron chi connectivity index (χ2n) is 4.88. The lowest BCUT2D eigenvalue weighted by Crippen LogP contribution is -2.17. The molecule has 0 radical (unpaired) electrons. The highest BCUT2D eigenvalue weighted by Gasteiger charge is 2.11. The van der Waals surface area contributed by atoms with Gasteiger partial charge in [-0.3, -0.25) is 4.98 Å². The number of hydrogen-bond donors (Lipinski definition) is 0. The van der Waals surface area contributed by atoms with E-state index in [2.05, 4.69) is 46.3 Å². The van der Waals surface area contributed by atoms with Crippen LogP contribution in [0.2, 0.25) is 0 Å². The minimum Gasteiger partial charge on any atom is -0.372 e. The minimum atomic E-state index is 0.995. The van der Waals surface area contributed by atoms with Crippen LogP contribution < -0.4 is 4.90 Å². The number of anilines is 1. The quantitative estimate of drug-likeness (QED) is 0.822. The zero-order chi connectivity index (χ0) is 12.9. The largest absolute Gasteiger partial charge is 0.372 e. The van der Waals surface area contributed by atoms with Crippen molar-refractivity contribution in [3.63, 3.8) is 0 Å². The van der Waals surface area contributed by atoms with Crippen molar-refractivity contribution in [1.29, 1.82) is 0 Å². The molecule has 1 saturated heterocycles. The van der Waals surface area contributed by atoms with Crippen LogP contribution in [0, 0.1) is 0 Å². The van der Waals surface area contributed by atoms with Crippen LogP contribution in [0.3, 0.4) is 0 Å². The Labute approximate surface area is 114 Å². The van der Waals surface area contributed by atoms with Crippen LogP contribution in [0.25, 0.3) is 12.2 Å². The molecule has 1 aromatic carbocycles. The molecule has 2 heterocycles. The molecule has 0 spiro atoms. The van der Waals surface area contributed by atoms with Gasteiger partial charge in [0.05, 0.1) is 5.69 Å². The number of aromatic nitrogens is 1. The SMILES string of the molecule is C(=Cc1ccccn1)c1cccc(N2CCCC2)c1. The average molecular weight is 250 g/mol. The summed E-state index contributed by atoms with van der Waals surface area (Å²) in [6, 6.07) is 14.7. The first-order chi connectivity index (χ1) is 9.42. The molecule has 2 heteroatoms. The predicted octanol–water partition coefficient (Wildman–Crippen LogP) is 3.85. The summed E-state index contributed by atoms with van der Waals surface area (Å²) in [5.74, 6) is 0. The van der Waals surface area contributed by atoms with E-state index in [0.717, 1.165) is 5.69 Å². The molecule has 19 heavy (non-hydrogen) atoms. The van der Waals surface area contributed by atoms with E-state index in [1.54, 1.807) is 0 Å². The Balaban J connectivity index is 1.78. The van der Waals surface area contributed by atoms with Gasteiger partial charge >= 0.3 is 0 Å². The van der Waals surface area contributed by atoms with Crippen LogP contribution in [0.1, 0.15) is 24.1 Å². The number of nitrogens with zero attached hydrogens (tertiary/aromatic N) is 2. The van der Waals surface area contributed by atoms with Crippen LogP contribution in [0.4, 0.5) is 5.69 Å². The fourth-order valence-corrected chi connectivity index (χ4v) is 2.46. The van der Waals surface area contributed by atoms with E-state index in [4.69, 9.17) is 0 Å². The lowest BCUT2D eigenvalue weighted by atomic mass is 10.1. The summed E-state index contributed by atoms with van der Waals surface area (Å²) in [5.41, 5.74) is 3.56. The molecular formula is C17H18N2. The highest BCUT2D eigenvalue weighted by molar-refractivity contribution is 5.70. The lowest BCUT2D eigenvalue weighted by molar-refractivity contribution is 0.949. The van der Waals surface area contributed by atoms with Crippen LogP contribution >= 0.6 is 0 Å². The Bertz CT molecular complexity index is 554. The lowest BCUT2D eigenvalue weighted by Gasteiger charge is -2.17. The summed E-state index contributed by atoms with van der Waals surface area (Å²) in [6.07, 6.45) is 8.63. The maximum absolute atomic E-state index is 4.30. The molecule has 0 aliphatic carbocycles. The topological polar surface area (TPSA) is 16.1 Å². The molecule has 2 aromatic rings. The maximum atomic E-state index is 4.30. The molecule has 0 saturated carbocycles. The van der Waals surface area contributed by atoms with E-state index in [1.807, 2.05) is 24.4 Å². The summed E-state index contributed by atoms with van der Waals surface area (Å²) in [5, 5.41) is 0. The first kappa shape index (κ1) is 12.0. The van der Waals surface area contributed by atoms with Gasteiger partial charge in [0.15, 0.2) is 0 Å². The normalized spacial score (nSPS) is 15.3. The second kappa shape index (κ2) is 5.70. The fraction of sp³-hybridized carbons (Fsp3) is 0.235. The second-order valence-corrected chi connectivity index (χ2v) is 4.88. The van der Waals surface area contributed by atoms with Crippen molar-refractivity contribution >= 4 is 17.8 Å². The molecule has 1 aliphatic rings. The van der Waals surface area contributed by atoms with Crippen molar-refractivity contribution in [2.75, 3.05) is 18.0 Å². The third kappa shape index (κ3) is 3.02. The van der Waals surface area contributed by atoms with Gasteiger partial charge in [-0.15, -0.1) is 0 Å². The Morgan fingerprint density at radius 2 is 1.84 bits per heavy atom. The van der Waals surface area contributed by atoms with E-state index in [0.29, 0.717) is 0 Å². The van der Waals surface area contributed by atoms with Crippen molar-refractivity contribution in [3.8, 4) is 0 Å². The summed E-state index contributed by atoms with van der Waals surface area (Å²) in [6.45, 7) is 2.38. The Hall–Kier alpha value is -2.09. The van der Waals surface area contributed by atoms with Gasteiger partial charge in [-0.05, 0) is 48.7 Å². The third-order valence-electron chi connectivity index (χ3n) is 3.48. The van der Waals surface area contributed by atoms with E-state index >= 15 is 0 Å². The predicted molar refractivity (Wildman–Crippen MR) is 81.1 cm³/mol. The standard InChI is InChI=1S/C17H18N2/c1-2-11-18-16(7-1)10-9-15-6-5-8-17(14-15)19-12-3-4-13-19/h1-2,5-11,14H,3-4,12-13H2. The van der Waals surface area contributed by atoms with Gasteiger partial charge < -0.3 is 4.90 Å². The zero-order valence-electron chi connectivity index (χ0n) is 11.0. The van der Waals surface area contributed by atoms with Gasteiger partial charge in [0.25, 0.3) is 0 Å². The molecule has 0 unspecified atom stereocenters. The summed E-state index contributed by atoms with van der Waals surface area (Å²) < 4.78 is 0. The van der Waals surface area contributed by atoms with Crippen molar-refractivity contribution < 1.29 is 0 Å². The van der Waals surface area contributed by atoms with Crippen molar-refractivity contribution in [1.82, 2.24) is 4.98 Å². The van der Waals surface area contributed by atoms with Gasteiger partial charge in [-0.25, -0.2) is 0 Å². The molecule has 0 amide bonds. The summed E-state index contributed by atoms with van der Waals surface area (Å²) in [4.78, 5) is 6.75. The minimum absolute atomic E-state index is 0.995. The van der Waals surface area contributed by atoms with Crippen LogP contribution in [0.5, 0.6) is 0 Å². The van der Waals surface area contributed by atoms with Gasteiger partial charge in [0, 0.05) is 25.0 Å². The van der Waals surface area contributed by atoms with Gasteiger partial charge in [-0.2, -0.15) is 0 Å². The number of rotatable bonds is 3. The van der Waals surface area contributed by atoms with Gasteiger partial charge in [0.2, 0.25) is 0 Å². The maximum Gasteiger partial charge on any atom is 0.0629 e. The van der Waals surface area contributed by atoms with Crippen molar-refractivity contribution in [3.05, 3.63) is 59.9 Å². The fourth-order valence-electron chi connectivity index (χ4n) is 2.46. The smallest absolute Gasteiger partial charge is 0.0629 e. The van der Waals surface area contributed by atoms with E-state index in [1.165, 1.54) is 37.2 Å². The first-order valence-corrected chi connectivity index (χ1v) is 6.86. The van der Waals surface area contributed by atoms with E-state index in [9.17, 15) is 0 Å². The zero-order valence-corrected chi connectivity index (χ0v) is 11.0. The molecule has 0 bridgehead atoms. The molecule has 1 fully saturated rings. The molecular weight excluding hydrogens is 232 g/mol. The first-order valence-electron chi connectivity index (χ1n) is 6.86. The molecule has 0 atom stereocenters. The Kier molecular flexibility index (Phi) is 3.59. The molecule has 96 valence electrons. The number of benzene rings is 1. The third-order valence-corrected chi connectivity index (χ3v) is 3.48. The van der Waals surface area contributed by atoms with Crippen LogP contribution in [0.15, 0.2) is 48.7 Å². The van der Waals surface area contributed by atoms with Crippen LogP contribution in [-0.2, 0) is 0 Å². The molecule has 1 aliphatic heterocycles. The highest BCUT2D eigenvalue weighted by Crippen LogP contribution is 2.21. The van der Waals surface area contributed by atoms with Crippen LogP contribution in [-0.4, -0.2) is 18.1 Å². The Morgan fingerprint density at radius 3 is 2.63 bits per heavy atom. The monoisotopic (exact) mass is 250 g/mol. The molecule has 2 nitrogen and oxygen atoms in total. The van der Waals surface area contributed by atoms with Gasteiger partial charge in [-0.1, -0.05) is 24.3 Å². The van der Waals surface area contributed by atoms with Crippen molar-refractivity contribution in [2.24, 2.45) is 0 Å².